The topological polar surface area (TPSA) is 54.5 Å². The lowest BCUT2D eigenvalue weighted by atomic mass is 10.2. The van der Waals surface area contributed by atoms with Crippen molar-refractivity contribution < 1.29 is 9.53 Å². The second-order valence-electron chi connectivity index (χ2n) is 4.03. The smallest absolute Gasteiger partial charge is 0.253 e. The predicted molar refractivity (Wildman–Crippen MR) is 63.3 cm³/mol. The fraction of sp³-hybridized carbons (Fsp3) is 0.500. The van der Waals surface area contributed by atoms with Crippen molar-refractivity contribution in [2.75, 3.05) is 26.7 Å². The average molecular weight is 235 g/mol. The van der Waals surface area contributed by atoms with E-state index in [4.69, 9.17) is 4.74 Å². The molecule has 2 heterocycles. The molecule has 1 amide bonds. The van der Waals surface area contributed by atoms with Gasteiger partial charge in [0.2, 0.25) is 0 Å². The Kier molecular flexibility index (Phi) is 4.06. The van der Waals surface area contributed by atoms with Crippen molar-refractivity contribution in [3.63, 3.8) is 0 Å². The highest BCUT2D eigenvalue weighted by atomic mass is 16.5. The molecule has 1 aliphatic heterocycles. The Balaban J connectivity index is 1.98. The summed E-state index contributed by atoms with van der Waals surface area (Å²) in [6, 6.07) is 3.85. The highest BCUT2D eigenvalue weighted by Gasteiger charge is 2.28. The van der Waals surface area contributed by atoms with Crippen LogP contribution in [0.1, 0.15) is 5.56 Å². The van der Waals surface area contributed by atoms with Crippen LogP contribution in [0.3, 0.4) is 0 Å². The predicted octanol–water partition coefficient (Wildman–Crippen LogP) is 0.0284. The molecule has 1 aromatic rings. The van der Waals surface area contributed by atoms with E-state index in [1.165, 1.54) is 0 Å². The molecular weight excluding hydrogens is 218 g/mol. The number of likely N-dealkylation sites (N-methyl/N-ethyl adjacent to an activating group) is 1. The summed E-state index contributed by atoms with van der Waals surface area (Å²) >= 11 is 0. The van der Waals surface area contributed by atoms with Crippen LogP contribution in [0.25, 0.3) is 0 Å². The van der Waals surface area contributed by atoms with E-state index in [0.717, 1.165) is 5.56 Å². The zero-order valence-corrected chi connectivity index (χ0v) is 9.93. The van der Waals surface area contributed by atoms with Gasteiger partial charge in [-0.15, -0.1) is 0 Å². The number of hydrogen-bond donors (Lipinski definition) is 1. The van der Waals surface area contributed by atoms with Gasteiger partial charge in [0.25, 0.3) is 5.91 Å². The molecule has 0 saturated carbocycles. The summed E-state index contributed by atoms with van der Waals surface area (Å²) in [6.45, 7) is 2.45. The van der Waals surface area contributed by atoms with Crippen molar-refractivity contribution in [2.24, 2.45) is 0 Å². The second-order valence-corrected chi connectivity index (χ2v) is 4.03. The Morgan fingerprint density at radius 2 is 2.29 bits per heavy atom. The number of carbonyl (C=O) groups excluding carboxylic acids is 1. The van der Waals surface area contributed by atoms with Gasteiger partial charge in [-0.1, -0.05) is 0 Å². The Labute approximate surface area is 101 Å². The van der Waals surface area contributed by atoms with Crippen LogP contribution < -0.4 is 5.32 Å². The number of carbonyl (C=O) groups is 1. The van der Waals surface area contributed by atoms with E-state index < -0.39 is 0 Å². The lowest BCUT2D eigenvalue weighted by molar-refractivity contribution is -0.153. The van der Waals surface area contributed by atoms with Crippen molar-refractivity contribution in [3.05, 3.63) is 30.1 Å². The second kappa shape index (κ2) is 5.75. The van der Waals surface area contributed by atoms with Crippen LogP contribution in [-0.4, -0.2) is 48.6 Å². The van der Waals surface area contributed by atoms with Gasteiger partial charge in [0.15, 0.2) is 0 Å². The Hall–Kier alpha value is -1.46. The molecular formula is C12H17N3O2. The summed E-state index contributed by atoms with van der Waals surface area (Å²) in [5.74, 6) is 0.0578. The normalized spacial score (nSPS) is 20.6. The first kappa shape index (κ1) is 12.0. The number of rotatable bonds is 4. The molecule has 0 radical (unpaired) electrons. The maximum atomic E-state index is 12.1. The quantitative estimate of drug-likeness (QED) is 0.800. The summed E-state index contributed by atoms with van der Waals surface area (Å²) in [5, 5.41) is 2.97. The molecule has 0 aliphatic carbocycles. The number of hydrogen-bond acceptors (Lipinski definition) is 4. The van der Waals surface area contributed by atoms with Crippen LogP contribution in [0.2, 0.25) is 0 Å². The van der Waals surface area contributed by atoms with E-state index in [1.807, 2.05) is 24.1 Å². The lowest BCUT2D eigenvalue weighted by Crippen LogP contribution is -2.50. The zero-order chi connectivity index (χ0) is 12.1. The summed E-state index contributed by atoms with van der Waals surface area (Å²) in [4.78, 5) is 17.9. The van der Waals surface area contributed by atoms with Crippen LogP contribution in [0, 0.1) is 0 Å². The molecule has 17 heavy (non-hydrogen) atoms. The van der Waals surface area contributed by atoms with E-state index >= 15 is 0 Å². The highest BCUT2D eigenvalue weighted by molar-refractivity contribution is 5.81. The van der Waals surface area contributed by atoms with Gasteiger partial charge in [-0.3, -0.25) is 9.78 Å². The lowest BCUT2D eigenvalue weighted by Gasteiger charge is -2.32. The maximum absolute atomic E-state index is 12.1. The van der Waals surface area contributed by atoms with Crippen LogP contribution in [0.5, 0.6) is 0 Å². The molecule has 92 valence electrons. The summed E-state index contributed by atoms with van der Waals surface area (Å²) in [7, 11) is 1.82. The Morgan fingerprint density at radius 3 is 3.00 bits per heavy atom. The van der Waals surface area contributed by atoms with E-state index in [1.54, 1.807) is 12.4 Å². The van der Waals surface area contributed by atoms with Gasteiger partial charge in [0.1, 0.15) is 6.10 Å². The number of nitrogens with zero attached hydrogens (tertiary/aromatic N) is 2. The first-order chi connectivity index (χ1) is 8.31. The van der Waals surface area contributed by atoms with Crippen LogP contribution in [0.15, 0.2) is 24.5 Å². The summed E-state index contributed by atoms with van der Waals surface area (Å²) in [5.41, 5.74) is 1.10. The van der Waals surface area contributed by atoms with Crippen molar-refractivity contribution in [1.29, 1.82) is 0 Å². The molecule has 0 bridgehead atoms. The molecule has 5 nitrogen and oxygen atoms in total. The molecule has 1 saturated heterocycles. The van der Waals surface area contributed by atoms with Gasteiger partial charge in [0.05, 0.1) is 6.61 Å². The number of nitrogens with one attached hydrogen (secondary N) is 1. The largest absolute Gasteiger partial charge is 0.365 e. The van der Waals surface area contributed by atoms with Gasteiger partial charge >= 0.3 is 0 Å². The average Bonchev–Trinajstić information content (AvgIpc) is 2.36. The molecule has 0 aromatic carbocycles. The van der Waals surface area contributed by atoms with Crippen LogP contribution >= 0.6 is 0 Å². The minimum absolute atomic E-state index is 0.0578. The van der Waals surface area contributed by atoms with E-state index in [0.29, 0.717) is 26.2 Å². The van der Waals surface area contributed by atoms with Gasteiger partial charge in [-0.05, 0) is 24.7 Å². The van der Waals surface area contributed by atoms with Gasteiger partial charge in [0, 0.05) is 32.0 Å². The number of ether oxygens (including phenoxy) is 1. The third-order valence-electron chi connectivity index (χ3n) is 2.78. The van der Waals surface area contributed by atoms with E-state index in [9.17, 15) is 4.79 Å². The van der Waals surface area contributed by atoms with E-state index in [-0.39, 0.29) is 12.0 Å². The highest BCUT2D eigenvalue weighted by Crippen LogP contribution is 2.11. The maximum Gasteiger partial charge on any atom is 0.253 e. The Bertz CT molecular complexity index is 367. The third kappa shape index (κ3) is 3.01. The SMILES string of the molecule is CNCC1OCCN(Cc2ccncc2)C1=O. The number of aromatic nitrogens is 1. The molecule has 5 heteroatoms. The molecule has 2 rings (SSSR count). The molecule has 1 unspecified atom stereocenters. The summed E-state index contributed by atoms with van der Waals surface area (Å²) < 4.78 is 5.43. The Morgan fingerprint density at radius 1 is 1.53 bits per heavy atom. The molecule has 1 aromatic heterocycles. The van der Waals surface area contributed by atoms with E-state index in [2.05, 4.69) is 10.3 Å². The number of amides is 1. The van der Waals surface area contributed by atoms with Crippen molar-refractivity contribution in [3.8, 4) is 0 Å². The number of morpholine rings is 1. The van der Waals surface area contributed by atoms with Crippen molar-refractivity contribution in [1.82, 2.24) is 15.2 Å². The first-order valence-electron chi connectivity index (χ1n) is 5.75. The van der Waals surface area contributed by atoms with Gasteiger partial charge < -0.3 is 15.0 Å². The molecule has 1 N–H and O–H groups in total. The zero-order valence-electron chi connectivity index (χ0n) is 9.93. The fourth-order valence-corrected chi connectivity index (χ4v) is 1.89. The summed E-state index contributed by atoms with van der Waals surface area (Å²) in [6.07, 6.45) is 3.13. The molecule has 0 spiro atoms. The third-order valence-corrected chi connectivity index (χ3v) is 2.78. The van der Waals surface area contributed by atoms with Crippen LogP contribution in [0.4, 0.5) is 0 Å². The number of pyridine rings is 1. The van der Waals surface area contributed by atoms with Gasteiger partial charge in [-0.2, -0.15) is 0 Å². The molecule has 1 aliphatic rings. The van der Waals surface area contributed by atoms with Gasteiger partial charge in [-0.25, -0.2) is 0 Å². The fourth-order valence-electron chi connectivity index (χ4n) is 1.89. The minimum Gasteiger partial charge on any atom is -0.365 e. The van der Waals surface area contributed by atoms with Crippen LogP contribution in [-0.2, 0) is 16.1 Å². The van der Waals surface area contributed by atoms with Crippen molar-refractivity contribution in [2.45, 2.75) is 12.6 Å². The molecule has 1 atom stereocenters. The van der Waals surface area contributed by atoms with Crippen molar-refractivity contribution >= 4 is 5.91 Å². The minimum atomic E-state index is -0.351. The monoisotopic (exact) mass is 235 g/mol. The molecule has 1 fully saturated rings. The first-order valence-corrected chi connectivity index (χ1v) is 5.75. The standard InChI is InChI=1S/C12H17N3O2/c1-13-8-11-12(16)15(6-7-17-11)9-10-2-4-14-5-3-10/h2-5,11,13H,6-9H2,1H3.